The summed E-state index contributed by atoms with van der Waals surface area (Å²) in [5, 5.41) is 17.6. The molecule has 82 valence electrons. The first-order chi connectivity index (χ1) is 6.79. The van der Waals surface area contributed by atoms with Crippen molar-refractivity contribution in [3.8, 4) is 11.5 Å². The Hall–Kier alpha value is -1.80. The summed E-state index contributed by atoms with van der Waals surface area (Å²) < 4.78 is 32.8. The molecule has 0 amide bonds. The summed E-state index contributed by atoms with van der Waals surface area (Å²) in [5.74, 6) is -2.42. The molecule has 1 aromatic carbocycles. The molecule has 1 rings (SSSR count). The van der Waals surface area contributed by atoms with Gasteiger partial charge in [-0.05, 0) is 12.1 Å². The highest BCUT2D eigenvalue weighted by Gasteiger charge is 2.13. The normalized spacial score (nSPS) is 11.0. The van der Waals surface area contributed by atoms with E-state index in [0.717, 1.165) is 18.2 Å². The van der Waals surface area contributed by atoms with E-state index in [9.17, 15) is 13.2 Å². The first kappa shape index (κ1) is 11.3. The largest absolute Gasteiger partial charge is 0.507 e. The molecular weight excluding hydrogens is 228 g/mol. The molecule has 0 atom stereocenters. The standard InChI is InChI=1S/C7H6O7S/c8-6-3-4(14-15(11,12)13)1-2-5(6)7(9)10/h1-3,8H,(H,9,10)(H,11,12,13). The molecular formula is C7H6O7S. The van der Waals surface area contributed by atoms with Gasteiger partial charge in [0.05, 0.1) is 0 Å². The van der Waals surface area contributed by atoms with Crippen molar-refractivity contribution in [2.45, 2.75) is 0 Å². The number of carbonyl (C=O) groups is 1. The van der Waals surface area contributed by atoms with E-state index in [1.54, 1.807) is 0 Å². The van der Waals surface area contributed by atoms with Crippen LogP contribution in [0.2, 0.25) is 0 Å². The molecule has 0 saturated carbocycles. The molecule has 0 aromatic heterocycles. The number of hydrogen-bond acceptors (Lipinski definition) is 5. The second kappa shape index (κ2) is 3.75. The van der Waals surface area contributed by atoms with Gasteiger partial charge in [-0.2, -0.15) is 8.42 Å². The SMILES string of the molecule is O=C(O)c1ccc(OS(=O)(=O)O)cc1O. The first-order valence-corrected chi connectivity index (χ1v) is 4.89. The third-order valence-electron chi connectivity index (χ3n) is 1.40. The summed E-state index contributed by atoms with van der Waals surface area (Å²) in [7, 11) is -4.69. The predicted octanol–water partition coefficient (Wildman–Crippen LogP) is 0.272. The van der Waals surface area contributed by atoms with E-state index in [-0.39, 0.29) is 5.75 Å². The summed E-state index contributed by atoms with van der Waals surface area (Å²) in [6.07, 6.45) is 0. The van der Waals surface area contributed by atoms with Crippen LogP contribution in [0.3, 0.4) is 0 Å². The average molecular weight is 234 g/mol. The summed E-state index contributed by atoms with van der Waals surface area (Å²) >= 11 is 0. The van der Waals surface area contributed by atoms with E-state index in [2.05, 4.69) is 4.18 Å². The Morgan fingerprint density at radius 2 is 1.93 bits per heavy atom. The average Bonchev–Trinajstić information content (AvgIpc) is 1.99. The molecule has 8 heteroatoms. The van der Waals surface area contributed by atoms with Crippen LogP contribution in [0.25, 0.3) is 0 Å². The molecule has 3 N–H and O–H groups in total. The Balaban J connectivity index is 3.07. The van der Waals surface area contributed by atoms with Crippen LogP contribution in [0.4, 0.5) is 0 Å². The molecule has 0 radical (unpaired) electrons. The van der Waals surface area contributed by atoms with E-state index < -0.39 is 27.7 Å². The zero-order valence-corrected chi connectivity index (χ0v) is 7.93. The van der Waals surface area contributed by atoms with Crippen molar-refractivity contribution in [3.05, 3.63) is 23.8 Å². The maximum Gasteiger partial charge on any atom is 0.446 e. The van der Waals surface area contributed by atoms with Gasteiger partial charge >= 0.3 is 16.4 Å². The molecule has 0 unspecified atom stereocenters. The van der Waals surface area contributed by atoms with E-state index >= 15 is 0 Å². The second-order valence-corrected chi connectivity index (χ2v) is 3.52. The molecule has 0 aliphatic rings. The van der Waals surface area contributed by atoms with Gasteiger partial charge in [-0.3, -0.25) is 4.55 Å². The lowest BCUT2D eigenvalue weighted by molar-refractivity contribution is 0.0693. The van der Waals surface area contributed by atoms with Crippen molar-refractivity contribution in [1.29, 1.82) is 0 Å². The van der Waals surface area contributed by atoms with Crippen LogP contribution in [0.1, 0.15) is 10.4 Å². The fourth-order valence-electron chi connectivity index (χ4n) is 0.866. The van der Waals surface area contributed by atoms with Crippen molar-refractivity contribution in [2.24, 2.45) is 0 Å². The van der Waals surface area contributed by atoms with Crippen molar-refractivity contribution in [1.82, 2.24) is 0 Å². The van der Waals surface area contributed by atoms with Crippen LogP contribution < -0.4 is 4.18 Å². The Morgan fingerprint density at radius 3 is 2.33 bits per heavy atom. The monoisotopic (exact) mass is 234 g/mol. The van der Waals surface area contributed by atoms with Crippen LogP contribution in [0.15, 0.2) is 18.2 Å². The number of hydrogen-bond donors (Lipinski definition) is 3. The third-order valence-corrected chi connectivity index (χ3v) is 1.80. The third kappa shape index (κ3) is 3.11. The molecule has 0 heterocycles. The quantitative estimate of drug-likeness (QED) is 0.641. The maximum absolute atomic E-state index is 10.4. The number of aromatic hydroxyl groups is 1. The summed E-state index contributed by atoms with van der Waals surface area (Å²) in [5.41, 5.74) is -0.405. The van der Waals surface area contributed by atoms with Crippen molar-refractivity contribution in [2.75, 3.05) is 0 Å². The minimum atomic E-state index is -4.69. The first-order valence-electron chi connectivity index (χ1n) is 3.53. The van der Waals surface area contributed by atoms with Crippen LogP contribution in [0.5, 0.6) is 11.5 Å². The van der Waals surface area contributed by atoms with Crippen molar-refractivity contribution < 1.29 is 32.2 Å². The number of carboxylic acids is 1. The van der Waals surface area contributed by atoms with E-state index in [1.807, 2.05) is 0 Å². The van der Waals surface area contributed by atoms with Crippen LogP contribution in [-0.2, 0) is 10.4 Å². The smallest absolute Gasteiger partial charge is 0.446 e. The molecule has 0 spiro atoms. The van der Waals surface area contributed by atoms with Gasteiger partial charge < -0.3 is 14.4 Å². The maximum atomic E-state index is 10.4. The van der Waals surface area contributed by atoms with Gasteiger partial charge in [0.15, 0.2) is 0 Å². The Kier molecular flexibility index (Phi) is 2.82. The van der Waals surface area contributed by atoms with Gasteiger partial charge in [-0.15, -0.1) is 0 Å². The number of benzene rings is 1. The molecule has 15 heavy (non-hydrogen) atoms. The van der Waals surface area contributed by atoms with Crippen LogP contribution in [-0.4, -0.2) is 29.2 Å². The van der Waals surface area contributed by atoms with Gasteiger partial charge in [0.2, 0.25) is 0 Å². The molecule has 7 nitrogen and oxygen atoms in total. The number of rotatable bonds is 3. The van der Waals surface area contributed by atoms with Crippen LogP contribution >= 0.6 is 0 Å². The number of aromatic carboxylic acids is 1. The van der Waals surface area contributed by atoms with E-state index in [0.29, 0.717) is 0 Å². The molecule has 0 saturated heterocycles. The zero-order valence-electron chi connectivity index (χ0n) is 7.11. The summed E-state index contributed by atoms with van der Waals surface area (Å²) in [4.78, 5) is 10.4. The number of phenols is 1. The molecule has 0 fully saturated rings. The highest BCUT2D eigenvalue weighted by molar-refractivity contribution is 7.81. The predicted molar refractivity (Wildman–Crippen MR) is 47.2 cm³/mol. The molecule has 0 aliphatic carbocycles. The highest BCUT2D eigenvalue weighted by atomic mass is 32.3. The molecule has 0 bridgehead atoms. The highest BCUT2D eigenvalue weighted by Crippen LogP contribution is 2.24. The van der Waals surface area contributed by atoms with Gasteiger partial charge in [-0.1, -0.05) is 0 Å². The Bertz CT molecular complexity index is 490. The van der Waals surface area contributed by atoms with Gasteiger partial charge in [0.25, 0.3) is 0 Å². The number of carboxylic acid groups (broad SMARTS) is 1. The van der Waals surface area contributed by atoms with Crippen molar-refractivity contribution >= 4 is 16.4 Å². The van der Waals surface area contributed by atoms with Gasteiger partial charge in [0, 0.05) is 6.07 Å². The van der Waals surface area contributed by atoms with Gasteiger partial charge in [-0.25, -0.2) is 4.79 Å². The topological polar surface area (TPSA) is 121 Å². The fraction of sp³-hybridized carbons (Fsp3) is 0. The van der Waals surface area contributed by atoms with E-state index in [1.165, 1.54) is 0 Å². The fourth-order valence-corrected chi connectivity index (χ4v) is 1.21. The summed E-state index contributed by atoms with van der Waals surface area (Å²) in [6, 6.07) is 2.69. The van der Waals surface area contributed by atoms with Crippen LogP contribution in [0, 0.1) is 0 Å². The lowest BCUT2D eigenvalue weighted by atomic mass is 10.2. The lowest BCUT2D eigenvalue weighted by Gasteiger charge is -2.03. The van der Waals surface area contributed by atoms with E-state index in [4.69, 9.17) is 14.8 Å². The Morgan fingerprint density at radius 1 is 1.33 bits per heavy atom. The second-order valence-electron chi connectivity index (χ2n) is 2.50. The summed E-state index contributed by atoms with van der Waals surface area (Å²) in [6.45, 7) is 0. The lowest BCUT2D eigenvalue weighted by Crippen LogP contribution is -2.07. The van der Waals surface area contributed by atoms with Gasteiger partial charge in [0.1, 0.15) is 17.1 Å². The molecule has 1 aromatic rings. The minimum absolute atomic E-state index is 0.389. The molecule has 0 aliphatic heterocycles. The zero-order chi connectivity index (χ0) is 11.6. The minimum Gasteiger partial charge on any atom is -0.507 e. The Labute approximate surface area is 84.5 Å². The van der Waals surface area contributed by atoms with Crippen molar-refractivity contribution in [3.63, 3.8) is 0 Å².